The van der Waals surface area contributed by atoms with E-state index in [0.717, 1.165) is 16.5 Å². The first-order valence-corrected chi connectivity index (χ1v) is 11.1. The van der Waals surface area contributed by atoms with Gasteiger partial charge in [0.2, 0.25) is 0 Å². The summed E-state index contributed by atoms with van der Waals surface area (Å²) in [5, 5.41) is 10.5. The number of nitrogens with one attached hydrogen (secondary N) is 1. The highest BCUT2D eigenvalue weighted by Gasteiger charge is 2.20. The minimum Gasteiger partial charge on any atom is -0.497 e. The van der Waals surface area contributed by atoms with Crippen LogP contribution in [0.25, 0.3) is 10.9 Å². The summed E-state index contributed by atoms with van der Waals surface area (Å²) in [7, 11) is 1.45. The number of rotatable bonds is 10. The number of ether oxygens (including phenoxy) is 2. The average molecular weight is 477 g/mol. The topological polar surface area (TPSA) is 91.9 Å². The van der Waals surface area contributed by atoms with Crippen molar-refractivity contribution in [3.05, 3.63) is 95.4 Å². The first-order valence-electron chi connectivity index (χ1n) is 11.1. The third kappa shape index (κ3) is 5.60. The number of halogens is 1. The number of methoxy groups -OCH3 is 1. The van der Waals surface area contributed by atoms with Crippen LogP contribution in [0.1, 0.15) is 21.5 Å². The molecule has 7 nitrogen and oxygen atoms in total. The molecule has 0 saturated carbocycles. The van der Waals surface area contributed by atoms with Crippen molar-refractivity contribution >= 4 is 22.8 Å². The Hall–Kier alpha value is -4.33. The number of H-pyrrole nitrogens is 1. The largest absolute Gasteiger partial charge is 0.497 e. The lowest BCUT2D eigenvalue weighted by molar-refractivity contribution is -0.134. The summed E-state index contributed by atoms with van der Waals surface area (Å²) in [6.07, 6.45) is 2.45. The van der Waals surface area contributed by atoms with Crippen LogP contribution < -0.4 is 9.47 Å². The molecule has 1 heterocycles. The Morgan fingerprint density at radius 2 is 1.80 bits per heavy atom. The van der Waals surface area contributed by atoms with Crippen molar-refractivity contribution in [2.75, 3.05) is 20.3 Å². The fraction of sp³-hybridized carbons (Fsp3) is 0.185. The Kier molecular flexibility index (Phi) is 7.30. The maximum Gasteiger partial charge on any atom is 0.339 e. The molecule has 0 aliphatic rings. The number of carbonyl (C=O) groups is 2. The number of nitrogens with zero attached hydrogens (tertiary/aromatic N) is 1. The number of benzene rings is 3. The molecular weight excluding hydrogens is 451 g/mol. The van der Waals surface area contributed by atoms with E-state index in [-0.39, 0.29) is 17.9 Å². The van der Waals surface area contributed by atoms with Crippen LogP contribution in [0.2, 0.25) is 0 Å². The standard InChI is InChI=1S/C27H25FN2O5/c1-34-20-10-11-22(27(32)33)25(14-20)35-17-26(31)30(16-19-6-2-4-8-23(19)28)13-12-18-15-29-24-9-5-3-7-21(18)24/h2-11,14-15,29H,12-13,16-17H2,1H3,(H,32,33). The smallest absolute Gasteiger partial charge is 0.339 e. The molecule has 0 unspecified atom stereocenters. The zero-order chi connectivity index (χ0) is 24.8. The molecule has 3 aromatic carbocycles. The van der Waals surface area contributed by atoms with E-state index in [9.17, 15) is 19.1 Å². The number of hydrogen-bond donors (Lipinski definition) is 2. The number of aromatic carboxylic acids is 1. The van der Waals surface area contributed by atoms with Crippen molar-refractivity contribution in [3.8, 4) is 11.5 Å². The van der Waals surface area contributed by atoms with E-state index >= 15 is 0 Å². The molecule has 1 amide bonds. The van der Waals surface area contributed by atoms with Crippen molar-refractivity contribution in [1.29, 1.82) is 0 Å². The predicted molar refractivity (Wildman–Crippen MR) is 129 cm³/mol. The molecule has 0 spiro atoms. The van der Waals surface area contributed by atoms with Crippen molar-refractivity contribution in [1.82, 2.24) is 9.88 Å². The van der Waals surface area contributed by atoms with Gasteiger partial charge in [-0.1, -0.05) is 36.4 Å². The van der Waals surface area contributed by atoms with Crippen LogP contribution in [0.5, 0.6) is 11.5 Å². The summed E-state index contributed by atoms with van der Waals surface area (Å²) >= 11 is 0. The van der Waals surface area contributed by atoms with Gasteiger partial charge in [0.1, 0.15) is 22.9 Å². The van der Waals surface area contributed by atoms with Crippen LogP contribution in [0.4, 0.5) is 4.39 Å². The summed E-state index contributed by atoms with van der Waals surface area (Å²) < 4.78 is 25.1. The van der Waals surface area contributed by atoms with Crippen LogP contribution in [0.15, 0.2) is 72.9 Å². The third-order valence-electron chi connectivity index (χ3n) is 5.77. The lowest BCUT2D eigenvalue weighted by atomic mass is 10.1. The molecule has 0 aliphatic carbocycles. The molecule has 0 aliphatic heterocycles. The van der Waals surface area contributed by atoms with Gasteiger partial charge in [-0.15, -0.1) is 0 Å². The highest BCUT2D eigenvalue weighted by atomic mass is 19.1. The summed E-state index contributed by atoms with van der Waals surface area (Å²) in [6, 6.07) is 18.4. The van der Waals surface area contributed by atoms with Crippen LogP contribution in [-0.2, 0) is 17.8 Å². The molecule has 4 aromatic rings. The maximum absolute atomic E-state index is 14.4. The number of fused-ring (bicyclic) bond motifs is 1. The van der Waals surface area contributed by atoms with Gasteiger partial charge in [-0.25, -0.2) is 9.18 Å². The Morgan fingerprint density at radius 3 is 2.57 bits per heavy atom. The molecule has 1 aromatic heterocycles. The zero-order valence-corrected chi connectivity index (χ0v) is 19.2. The minimum atomic E-state index is -1.18. The predicted octanol–water partition coefficient (Wildman–Crippen LogP) is 4.66. The molecule has 0 bridgehead atoms. The highest BCUT2D eigenvalue weighted by Crippen LogP contribution is 2.25. The monoisotopic (exact) mass is 476 g/mol. The lowest BCUT2D eigenvalue weighted by Crippen LogP contribution is -2.36. The minimum absolute atomic E-state index is 0.0210. The van der Waals surface area contributed by atoms with E-state index in [4.69, 9.17) is 9.47 Å². The number of aromatic nitrogens is 1. The normalized spacial score (nSPS) is 10.8. The van der Waals surface area contributed by atoms with Gasteiger partial charge in [-0.3, -0.25) is 4.79 Å². The van der Waals surface area contributed by atoms with Gasteiger partial charge in [-0.2, -0.15) is 0 Å². The molecule has 0 atom stereocenters. The van der Waals surface area contributed by atoms with Gasteiger partial charge < -0.3 is 24.5 Å². The van der Waals surface area contributed by atoms with Gasteiger partial charge in [0.15, 0.2) is 6.61 Å². The second-order valence-electron chi connectivity index (χ2n) is 7.97. The molecule has 0 fully saturated rings. The molecule has 0 radical (unpaired) electrons. The number of aromatic amines is 1. The third-order valence-corrected chi connectivity index (χ3v) is 5.77. The van der Waals surface area contributed by atoms with Crippen LogP contribution in [0.3, 0.4) is 0 Å². The fourth-order valence-corrected chi connectivity index (χ4v) is 3.87. The number of carbonyl (C=O) groups excluding carboxylic acids is 1. The number of carboxylic acids is 1. The lowest BCUT2D eigenvalue weighted by Gasteiger charge is -2.23. The molecule has 8 heteroatoms. The van der Waals surface area contributed by atoms with Crippen molar-refractivity contribution < 1.29 is 28.6 Å². The second-order valence-corrected chi connectivity index (χ2v) is 7.97. The van der Waals surface area contributed by atoms with Crippen molar-refractivity contribution in [2.45, 2.75) is 13.0 Å². The van der Waals surface area contributed by atoms with Gasteiger partial charge >= 0.3 is 5.97 Å². The molecule has 2 N–H and O–H groups in total. The first-order chi connectivity index (χ1) is 17.0. The van der Waals surface area contributed by atoms with E-state index in [1.807, 2.05) is 30.5 Å². The van der Waals surface area contributed by atoms with Gasteiger partial charge in [-0.05, 0) is 36.2 Å². The van der Waals surface area contributed by atoms with Crippen molar-refractivity contribution in [3.63, 3.8) is 0 Å². The Balaban J connectivity index is 1.53. The Bertz CT molecular complexity index is 1350. The number of carboxylic acid groups (broad SMARTS) is 1. The van der Waals surface area contributed by atoms with E-state index in [0.29, 0.717) is 24.3 Å². The highest BCUT2D eigenvalue weighted by molar-refractivity contribution is 5.91. The first kappa shape index (κ1) is 23.8. The zero-order valence-electron chi connectivity index (χ0n) is 19.2. The molecule has 35 heavy (non-hydrogen) atoms. The summed E-state index contributed by atoms with van der Waals surface area (Å²) in [4.78, 5) is 29.5. The molecule has 4 rings (SSSR count). The summed E-state index contributed by atoms with van der Waals surface area (Å²) in [6.45, 7) is -0.0286. The van der Waals surface area contributed by atoms with Crippen LogP contribution in [-0.4, -0.2) is 47.1 Å². The van der Waals surface area contributed by atoms with E-state index in [1.165, 1.54) is 36.3 Å². The Morgan fingerprint density at radius 1 is 1.03 bits per heavy atom. The number of para-hydroxylation sites is 1. The molecule has 0 saturated heterocycles. The van der Waals surface area contributed by atoms with Crippen LogP contribution >= 0.6 is 0 Å². The number of amides is 1. The average Bonchev–Trinajstić information content (AvgIpc) is 3.29. The maximum atomic E-state index is 14.4. The Labute approximate surface area is 201 Å². The van der Waals surface area contributed by atoms with Gasteiger partial charge in [0.05, 0.1) is 7.11 Å². The van der Waals surface area contributed by atoms with E-state index in [2.05, 4.69) is 4.98 Å². The summed E-state index contributed by atoms with van der Waals surface area (Å²) in [5.41, 5.74) is 2.33. The fourth-order valence-electron chi connectivity index (χ4n) is 3.87. The van der Waals surface area contributed by atoms with Crippen molar-refractivity contribution in [2.24, 2.45) is 0 Å². The second kappa shape index (κ2) is 10.7. The molecule has 180 valence electrons. The number of hydrogen-bond acceptors (Lipinski definition) is 4. The SMILES string of the molecule is COc1ccc(C(=O)O)c(OCC(=O)N(CCc2c[nH]c3ccccc23)Cc2ccccc2F)c1. The summed E-state index contributed by atoms with van der Waals surface area (Å²) in [5.74, 6) is -1.56. The van der Waals surface area contributed by atoms with E-state index < -0.39 is 24.3 Å². The van der Waals surface area contributed by atoms with Crippen LogP contribution in [0, 0.1) is 5.82 Å². The molecular formula is C27H25FN2O5. The quantitative estimate of drug-likeness (QED) is 0.347. The van der Waals surface area contributed by atoms with Gasteiger partial charge in [0.25, 0.3) is 5.91 Å². The van der Waals surface area contributed by atoms with Gasteiger partial charge in [0, 0.05) is 41.8 Å². The van der Waals surface area contributed by atoms with E-state index in [1.54, 1.807) is 18.2 Å².